The van der Waals surface area contributed by atoms with Gasteiger partial charge in [-0.3, -0.25) is 19.2 Å². The molecule has 10 heteroatoms. The zero-order valence-corrected chi connectivity index (χ0v) is 28.5. The van der Waals surface area contributed by atoms with E-state index in [-0.39, 0.29) is 30.7 Å². The Labute approximate surface area is 279 Å². The molecule has 3 amide bonds. The minimum atomic E-state index is -1.15. The molecule has 0 radical (unpaired) electrons. The molecule has 0 saturated carbocycles. The summed E-state index contributed by atoms with van der Waals surface area (Å²) < 4.78 is 12.9. The largest absolute Gasteiger partial charge is 0.455 e. The number of unbranched alkanes of at least 4 members (excludes halogenated alkanes) is 3. The standard InChI is InChI=1S/C37H53N3O7/c1-7-9-19-28(42)38-25(3)31(26-17-13-12-14-18-26)46-35(45)29-27-20-21-37(47-27)30(29)33(43)39(23-15-10-11-16-24-41)32(37)34(44)40(22-8-2)36(4,5)6/h7-8,12-14,17-18,25,27,29-32,41H,1-2,9-11,15-16,19-24H2,3-6H3,(H,38,42)/t25-,27+,29-,30-,31-,32+,37-/m1/s1. The number of nitrogens with one attached hydrogen (secondary N) is 1. The van der Waals surface area contributed by atoms with Gasteiger partial charge in [-0.15, -0.1) is 13.2 Å². The number of likely N-dealkylation sites (tertiary alicyclic amines) is 1. The fraction of sp³-hybridized carbons (Fsp3) is 0.622. The highest BCUT2D eigenvalue weighted by Gasteiger charge is 2.75. The van der Waals surface area contributed by atoms with Crippen LogP contribution in [0.15, 0.2) is 55.6 Å². The fourth-order valence-electron chi connectivity index (χ4n) is 7.60. The van der Waals surface area contributed by atoms with E-state index in [9.17, 15) is 24.3 Å². The number of esters is 1. The molecule has 3 aliphatic rings. The number of allylic oxidation sites excluding steroid dienone is 1. The second-order valence-corrected chi connectivity index (χ2v) is 14.1. The number of hydrogen-bond acceptors (Lipinski definition) is 7. The number of carbonyl (C=O) groups excluding carboxylic acids is 4. The van der Waals surface area contributed by atoms with Gasteiger partial charge in [0.25, 0.3) is 0 Å². The number of carbonyl (C=O) groups is 4. The Balaban J connectivity index is 1.65. The minimum Gasteiger partial charge on any atom is -0.455 e. The summed E-state index contributed by atoms with van der Waals surface area (Å²) in [5.41, 5.74) is -0.970. The van der Waals surface area contributed by atoms with Crippen LogP contribution in [0.25, 0.3) is 0 Å². The second-order valence-electron chi connectivity index (χ2n) is 14.1. The maximum Gasteiger partial charge on any atom is 0.313 e. The summed E-state index contributed by atoms with van der Waals surface area (Å²) >= 11 is 0. The molecule has 3 fully saturated rings. The number of aliphatic hydroxyl groups is 1. The van der Waals surface area contributed by atoms with Gasteiger partial charge in [0.1, 0.15) is 17.7 Å². The van der Waals surface area contributed by atoms with Gasteiger partial charge in [-0.1, -0.05) is 55.3 Å². The fourth-order valence-corrected chi connectivity index (χ4v) is 7.60. The lowest BCUT2D eigenvalue weighted by molar-refractivity contribution is -0.162. The second kappa shape index (κ2) is 15.6. The zero-order chi connectivity index (χ0) is 34.4. The van der Waals surface area contributed by atoms with Crippen LogP contribution in [0.4, 0.5) is 0 Å². The van der Waals surface area contributed by atoms with Crippen LogP contribution in [0, 0.1) is 11.8 Å². The monoisotopic (exact) mass is 651 g/mol. The van der Waals surface area contributed by atoms with Gasteiger partial charge >= 0.3 is 5.97 Å². The van der Waals surface area contributed by atoms with E-state index in [4.69, 9.17) is 9.47 Å². The molecule has 258 valence electrons. The van der Waals surface area contributed by atoms with E-state index in [1.54, 1.807) is 28.9 Å². The third-order valence-corrected chi connectivity index (χ3v) is 9.79. The molecule has 4 rings (SSSR count). The quantitative estimate of drug-likeness (QED) is 0.145. The van der Waals surface area contributed by atoms with Gasteiger partial charge < -0.3 is 29.7 Å². The van der Waals surface area contributed by atoms with Gasteiger partial charge in [0.15, 0.2) is 0 Å². The molecule has 3 saturated heterocycles. The number of amides is 3. The van der Waals surface area contributed by atoms with Gasteiger partial charge in [-0.05, 0) is 65.4 Å². The van der Waals surface area contributed by atoms with E-state index in [0.717, 1.165) is 18.4 Å². The van der Waals surface area contributed by atoms with E-state index in [1.807, 2.05) is 51.1 Å². The summed E-state index contributed by atoms with van der Waals surface area (Å²) in [6, 6.07) is 7.82. The summed E-state index contributed by atoms with van der Waals surface area (Å²) in [5.74, 6) is -2.96. The van der Waals surface area contributed by atoms with Crippen LogP contribution in [0.1, 0.15) is 90.7 Å². The van der Waals surface area contributed by atoms with E-state index in [1.165, 1.54) is 0 Å². The van der Waals surface area contributed by atoms with Crippen molar-refractivity contribution in [2.75, 3.05) is 19.7 Å². The Bertz CT molecular complexity index is 1290. The molecular formula is C37H53N3O7. The molecule has 0 aromatic heterocycles. The van der Waals surface area contributed by atoms with Crippen LogP contribution < -0.4 is 5.32 Å². The molecule has 1 aromatic carbocycles. The Kier molecular flexibility index (Phi) is 12.1. The number of fused-ring (bicyclic) bond motifs is 1. The van der Waals surface area contributed by atoms with Crippen LogP contribution in [0.3, 0.4) is 0 Å². The lowest BCUT2D eigenvalue weighted by atomic mass is 9.70. The highest BCUT2D eigenvalue weighted by atomic mass is 16.6. The molecule has 0 aliphatic carbocycles. The molecule has 47 heavy (non-hydrogen) atoms. The van der Waals surface area contributed by atoms with Crippen molar-refractivity contribution in [2.45, 2.75) is 114 Å². The van der Waals surface area contributed by atoms with Crippen LogP contribution >= 0.6 is 0 Å². The van der Waals surface area contributed by atoms with E-state index < -0.39 is 53.2 Å². The zero-order valence-electron chi connectivity index (χ0n) is 28.5. The number of aliphatic hydroxyl groups excluding tert-OH is 1. The molecular weight excluding hydrogens is 598 g/mol. The number of rotatable bonds is 17. The predicted octanol–water partition coefficient (Wildman–Crippen LogP) is 4.48. The number of nitrogens with zero attached hydrogens (tertiary/aromatic N) is 2. The van der Waals surface area contributed by atoms with Crippen molar-refractivity contribution in [2.24, 2.45) is 11.8 Å². The molecule has 3 heterocycles. The van der Waals surface area contributed by atoms with E-state index in [0.29, 0.717) is 45.2 Å². The summed E-state index contributed by atoms with van der Waals surface area (Å²) in [5, 5.41) is 12.2. The molecule has 7 atom stereocenters. The molecule has 1 spiro atoms. The van der Waals surface area contributed by atoms with E-state index >= 15 is 0 Å². The lowest BCUT2D eigenvalue weighted by Gasteiger charge is -2.42. The molecule has 0 unspecified atom stereocenters. The van der Waals surface area contributed by atoms with Gasteiger partial charge in [0.2, 0.25) is 17.7 Å². The summed E-state index contributed by atoms with van der Waals surface area (Å²) in [4.78, 5) is 59.2. The number of ether oxygens (including phenoxy) is 2. The molecule has 1 aromatic rings. The minimum absolute atomic E-state index is 0.108. The Hall–Kier alpha value is -3.50. The number of benzene rings is 1. The van der Waals surface area contributed by atoms with Crippen molar-refractivity contribution in [1.82, 2.24) is 15.1 Å². The first-order valence-electron chi connectivity index (χ1n) is 17.1. The summed E-state index contributed by atoms with van der Waals surface area (Å²) in [6.07, 6.45) is 6.75. The van der Waals surface area contributed by atoms with Crippen LogP contribution in [0.5, 0.6) is 0 Å². The highest BCUT2D eigenvalue weighted by molar-refractivity contribution is 5.98. The SMILES string of the molecule is C=CCCC(=O)N[C@H](C)[C@@H](OC(=O)[C@@H]1[C@@H]2CC[C@]3(O2)[C@H](C(=O)N(CC=C)C(C)(C)C)N(CCCCCCO)C(=O)[C@@H]13)c1ccccc1. The Morgan fingerprint density at radius 2 is 1.85 bits per heavy atom. The van der Waals surface area contributed by atoms with Crippen LogP contribution in [-0.4, -0.2) is 87.6 Å². The average molecular weight is 652 g/mol. The topological polar surface area (TPSA) is 125 Å². The van der Waals surface area contributed by atoms with E-state index in [2.05, 4.69) is 18.5 Å². The van der Waals surface area contributed by atoms with Crippen molar-refractivity contribution in [3.05, 3.63) is 61.2 Å². The van der Waals surface area contributed by atoms with Crippen LogP contribution in [0.2, 0.25) is 0 Å². The Morgan fingerprint density at radius 1 is 1.15 bits per heavy atom. The number of hydrogen-bond donors (Lipinski definition) is 2. The third-order valence-electron chi connectivity index (χ3n) is 9.79. The van der Waals surface area contributed by atoms with Gasteiger partial charge in [-0.2, -0.15) is 0 Å². The van der Waals surface area contributed by atoms with Crippen molar-refractivity contribution in [3.8, 4) is 0 Å². The highest BCUT2D eigenvalue weighted by Crippen LogP contribution is 2.59. The smallest absolute Gasteiger partial charge is 0.313 e. The van der Waals surface area contributed by atoms with Crippen molar-refractivity contribution >= 4 is 23.7 Å². The maximum atomic E-state index is 14.5. The first-order valence-corrected chi connectivity index (χ1v) is 17.1. The molecule has 3 aliphatic heterocycles. The van der Waals surface area contributed by atoms with Crippen molar-refractivity contribution < 1.29 is 33.8 Å². The first-order chi connectivity index (χ1) is 22.4. The summed E-state index contributed by atoms with van der Waals surface area (Å²) in [6.45, 7) is 16.0. The first kappa shape index (κ1) is 36.3. The van der Waals surface area contributed by atoms with Crippen LogP contribution in [-0.2, 0) is 28.7 Å². The summed E-state index contributed by atoms with van der Waals surface area (Å²) in [7, 11) is 0. The molecule has 2 bridgehead atoms. The van der Waals surface area contributed by atoms with Gasteiger partial charge in [0.05, 0.1) is 24.0 Å². The third kappa shape index (κ3) is 7.64. The van der Waals surface area contributed by atoms with Crippen molar-refractivity contribution in [3.63, 3.8) is 0 Å². The lowest BCUT2D eigenvalue weighted by Crippen LogP contribution is -2.59. The average Bonchev–Trinajstić information content (AvgIpc) is 3.68. The van der Waals surface area contributed by atoms with Crippen molar-refractivity contribution in [1.29, 1.82) is 0 Å². The predicted molar refractivity (Wildman–Crippen MR) is 179 cm³/mol. The maximum absolute atomic E-state index is 14.5. The molecule has 10 nitrogen and oxygen atoms in total. The van der Waals surface area contributed by atoms with Gasteiger partial charge in [0, 0.05) is 31.7 Å². The molecule has 2 N–H and O–H groups in total. The Morgan fingerprint density at radius 3 is 2.49 bits per heavy atom. The van der Waals surface area contributed by atoms with Gasteiger partial charge in [-0.25, -0.2) is 0 Å². The normalized spacial score (nSPS) is 26.0.